The molecule has 2 heterocycles. The first-order valence-corrected chi connectivity index (χ1v) is 10.1. The number of carbonyl (C=O) groups excluding carboxylic acids is 1. The number of ether oxygens (including phenoxy) is 1. The fourth-order valence-electron chi connectivity index (χ4n) is 4.55. The number of carbonyl (C=O) groups is 1. The van der Waals surface area contributed by atoms with Gasteiger partial charge in [-0.15, -0.1) is 0 Å². The summed E-state index contributed by atoms with van der Waals surface area (Å²) in [6, 6.07) is 16.9. The van der Waals surface area contributed by atoms with Crippen molar-refractivity contribution in [1.82, 2.24) is 9.47 Å². The molecule has 1 aliphatic rings. The van der Waals surface area contributed by atoms with Crippen LogP contribution in [0.25, 0.3) is 10.8 Å². The monoisotopic (exact) mass is 376 g/mol. The predicted octanol–water partition coefficient (Wildman–Crippen LogP) is 5.02. The van der Waals surface area contributed by atoms with Gasteiger partial charge in [0.15, 0.2) is 0 Å². The van der Waals surface area contributed by atoms with Gasteiger partial charge in [-0.1, -0.05) is 30.3 Å². The number of fused-ring (bicyclic) bond motifs is 1. The Kier molecular flexibility index (Phi) is 5.12. The molecule has 0 radical (unpaired) electrons. The van der Waals surface area contributed by atoms with Gasteiger partial charge >= 0.3 is 0 Å². The van der Waals surface area contributed by atoms with E-state index in [0.717, 1.165) is 37.1 Å². The lowest BCUT2D eigenvalue weighted by Gasteiger charge is -2.27. The highest BCUT2D eigenvalue weighted by Crippen LogP contribution is 2.39. The predicted molar refractivity (Wildman–Crippen MR) is 113 cm³/mol. The Labute approximate surface area is 166 Å². The van der Waals surface area contributed by atoms with E-state index in [1.165, 1.54) is 22.3 Å². The van der Waals surface area contributed by atoms with Crippen LogP contribution in [0.5, 0.6) is 5.75 Å². The Morgan fingerprint density at radius 1 is 1.04 bits per heavy atom. The highest BCUT2D eigenvalue weighted by molar-refractivity contribution is 5.92. The summed E-state index contributed by atoms with van der Waals surface area (Å²) in [7, 11) is 1.71. The number of nitrogens with zero attached hydrogens (tertiary/aromatic N) is 2. The third-order valence-electron chi connectivity index (χ3n) is 6.04. The summed E-state index contributed by atoms with van der Waals surface area (Å²) in [4.78, 5) is 15.2. The van der Waals surface area contributed by atoms with E-state index in [9.17, 15) is 4.79 Å². The summed E-state index contributed by atoms with van der Waals surface area (Å²) in [6.07, 6.45) is 2.61. The molecule has 0 aliphatic carbocycles. The zero-order valence-electron chi connectivity index (χ0n) is 16.9. The van der Waals surface area contributed by atoms with Crippen LogP contribution in [0.4, 0.5) is 0 Å². The minimum Gasteiger partial charge on any atom is -0.496 e. The van der Waals surface area contributed by atoms with Crippen LogP contribution in [-0.2, 0) is 11.3 Å². The van der Waals surface area contributed by atoms with Gasteiger partial charge in [0.05, 0.1) is 13.2 Å². The van der Waals surface area contributed by atoms with Crippen LogP contribution < -0.4 is 4.74 Å². The second-order valence-electron chi connectivity index (χ2n) is 7.67. The third-order valence-corrected chi connectivity index (χ3v) is 6.04. The van der Waals surface area contributed by atoms with Crippen molar-refractivity contribution in [2.24, 2.45) is 0 Å². The number of likely N-dealkylation sites (tertiary alicyclic amines) is 1. The largest absolute Gasteiger partial charge is 0.496 e. The van der Waals surface area contributed by atoms with Gasteiger partial charge in [-0.05, 0) is 55.8 Å². The first-order chi connectivity index (χ1) is 13.6. The lowest BCUT2D eigenvalue weighted by atomic mass is 9.96. The molecule has 4 heteroatoms. The molecule has 0 N–H and O–H groups in total. The van der Waals surface area contributed by atoms with Crippen LogP contribution in [0.2, 0.25) is 0 Å². The molecule has 0 saturated carbocycles. The number of methoxy groups -OCH3 is 1. The quantitative estimate of drug-likeness (QED) is 0.626. The van der Waals surface area contributed by atoms with Crippen LogP contribution in [0.3, 0.4) is 0 Å². The first-order valence-electron chi connectivity index (χ1n) is 10.1. The van der Waals surface area contributed by atoms with Gasteiger partial charge < -0.3 is 14.2 Å². The summed E-state index contributed by atoms with van der Waals surface area (Å²) in [5.41, 5.74) is 3.66. The van der Waals surface area contributed by atoms with Crippen LogP contribution >= 0.6 is 0 Å². The maximum absolute atomic E-state index is 13.1. The van der Waals surface area contributed by atoms with Gasteiger partial charge in [0.2, 0.25) is 5.91 Å². The van der Waals surface area contributed by atoms with E-state index in [-0.39, 0.29) is 11.9 Å². The molecule has 1 saturated heterocycles. The zero-order chi connectivity index (χ0) is 19.7. The molecule has 1 aliphatic heterocycles. The Morgan fingerprint density at radius 2 is 1.75 bits per heavy atom. The molecule has 1 atom stereocenters. The number of aromatic nitrogens is 1. The number of aryl methyl sites for hydroxylation is 2. The van der Waals surface area contributed by atoms with E-state index >= 15 is 0 Å². The number of hydrogen-bond donors (Lipinski definition) is 0. The second kappa shape index (κ2) is 7.70. The summed E-state index contributed by atoms with van der Waals surface area (Å²) < 4.78 is 7.77. The van der Waals surface area contributed by atoms with Crippen molar-refractivity contribution < 1.29 is 9.53 Å². The maximum atomic E-state index is 13.1. The van der Waals surface area contributed by atoms with Gasteiger partial charge in [-0.3, -0.25) is 4.79 Å². The van der Waals surface area contributed by atoms with E-state index in [4.69, 9.17) is 4.74 Å². The number of hydrogen-bond acceptors (Lipinski definition) is 2. The molecular formula is C24H28N2O2. The van der Waals surface area contributed by atoms with Crippen LogP contribution in [0.1, 0.15) is 42.3 Å². The smallest absolute Gasteiger partial charge is 0.224 e. The van der Waals surface area contributed by atoms with Crippen LogP contribution in [0.15, 0.2) is 48.5 Å². The van der Waals surface area contributed by atoms with E-state index in [0.29, 0.717) is 6.42 Å². The Morgan fingerprint density at radius 3 is 2.46 bits per heavy atom. The topological polar surface area (TPSA) is 34.5 Å². The molecular weight excluding hydrogens is 348 g/mol. The van der Waals surface area contributed by atoms with Gasteiger partial charge in [0, 0.05) is 36.3 Å². The molecule has 1 amide bonds. The minimum atomic E-state index is 0.148. The van der Waals surface area contributed by atoms with E-state index < -0.39 is 0 Å². The highest BCUT2D eigenvalue weighted by atomic mass is 16.5. The molecule has 1 fully saturated rings. The molecule has 28 heavy (non-hydrogen) atoms. The molecule has 4 nitrogen and oxygen atoms in total. The summed E-state index contributed by atoms with van der Waals surface area (Å²) >= 11 is 0. The van der Waals surface area contributed by atoms with Crippen molar-refractivity contribution in [2.75, 3.05) is 13.7 Å². The molecule has 0 spiro atoms. The number of benzene rings is 2. The average molecular weight is 377 g/mol. The summed E-state index contributed by atoms with van der Waals surface area (Å²) in [5.74, 6) is 1.13. The van der Waals surface area contributed by atoms with Gasteiger partial charge in [-0.2, -0.15) is 0 Å². The van der Waals surface area contributed by atoms with Crippen molar-refractivity contribution in [2.45, 2.75) is 45.7 Å². The van der Waals surface area contributed by atoms with Crippen molar-refractivity contribution >= 4 is 16.7 Å². The summed E-state index contributed by atoms with van der Waals surface area (Å²) in [5, 5.41) is 2.30. The molecule has 1 unspecified atom stereocenters. The SMILES string of the molecule is COc1ccc(C2CCCN2C(=O)CCn2c(C)ccc2C)c2ccccc12. The number of amides is 1. The van der Waals surface area contributed by atoms with Crippen molar-refractivity contribution in [3.8, 4) is 5.75 Å². The lowest BCUT2D eigenvalue weighted by Crippen LogP contribution is -2.31. The standard InChI is InChI=1S/C24H28N2O2/c1-17-10-11-18(2)25(17)16-14-24(27)26-15-6-9-22(26)20-12-13-23(28-3)21-8-5-4-7-19(20)21/h4-5,7-8,10-13,22H,6,9,14-16H2,1-3H3. The fraction of sp³-hybridized carbons (Fsp3) is 0.375. The molecule has 3 aromatic rings. The summed E-state index contributed by atoms with van der Waals surface area (Å²) in [6.45, 7) is 5.78. The molecule has 2 aromatic carbocycles. The lowest BCUT2D eigenvalue weighted by molar-refractivity contribution is -0.132. The van der Waals surface area contributed by atoms with Gasteiger partial charge in [0.25, 0.3) is 0 Å². The van der Waals surface area contributed by atoms with Crippen LogP contribution in [0, 0.1) is 13.8 Å². The normalized spacial score (nSPS) is 16.7. The van der Waals surface area contributed by atoms with Crippen molar-refractivity contribution in [1.29, 1.82) is 0 Å². The van der Waals surface area contributed by atoms with Gasteiger partial charge in [0.1, 0.15) is 5.75 Å². The first kappa shape index (κ1) is 18.6. The Balaban J connectivity index is 1.59. The number of rotatable bonds is 5. The second-order valence-corrected chi connectivity index (χ2v) is 7.67. The van der Waals surface area contributed by atoms with E-state index in [1.54, 1.807) is 7.11 Å². The molecule has 0 bridgehead atoms. The third kappa shape index (κ3) is 3.28. The Bertz CT molecular complexity index is 986. The Hall–Kier alpha value is -2.75. The van der Waals surface area contributed by atoms with E-state index in [2.05, 4.69) is 59.7 Å². The minimum absolute atomic E-state index is 0.148. The average Bonchev–Trinajstić information content (AvgIpc) is 3.32. The van der Waals surface area contributed by atoms with Gasteiger partial charge in [-0.25, -0.2) is 0 Å². The highest BCUT2D eigenvalue weighted by Gasteiger charge is 2.31. The van der Waals surface area contributed by atoms with Crippen molar-refractivity contribution in [3.63, 3.8) is 0 Å². The van der Waals surface area contributed by atoms with E-state index in [1.807, 2.05) is 12.1 Å². The van der Waals surface area contributed by atoms with Crippen molar-refractivity contribution in [3.05, 3.63) is 65.5 Å². The zero-order valence-corrected chi connectivity index (χ0v) is 16.9. The molecule has 146 valence electrons. The fourth-order valence-corrected chi connectivity index (χ4v) is 4.55. The molecule has 4 rings (SSSR count). The van der Waals surface area contributed by atoms with Crippen LogP contribution in [-0.4, -0.2) is 29.0 Å². The molecule has 1 aromatic heterocycles. The maximum Gasteiger partial charge on any atom is 0.224 e.